The molecule has 1 fully saturated rings. The second-order valence-corrected chi connectivity index (χ2v) is 5.35. The van der Waals surface area contributed by atoms with Crippen LogP contribution in [0, 0.1) is 5.41 Å². The van der Waals surface area contributed by atoms with Crippen LogP contribution in [0.4, 0.5) is 0 Å². The molecule has 1 heterocycles. The number of carbonyl (C=O) groups is 1. The molecule has 1 aliphatic rings. The Morgan fingerprint density at radius 2 is 2.00 bits per heavy atom. The van der Waals surface area contributed by atoms with E-state index >= 15 is 0 Å². The number of carbonyl (C=O) groups excluding carboxylic acids is 1. The van der Waals surface area contributed by atoms with Crippen molar-refractivity contribution in [3.63, 3.8) is 0 Å². The van der Waals surface area contributed by atoms with Crippen LogP contribution >= 0.6 is 0 Å². The summed E-state index contributed by atoms with van der Waals surface area (Å²) in [5.41, 5.74) is -0.204. The van der Waals surface area contributed by atoms with Gasteiger partial charge in [-0.1, -0.05) is 20.8 Å². The molecule has 1 amide bonds. The lowest BCUT2D eigenvalue weighted by Gasteiger charge is -2.41. The van der Waals surface area contributed by atoms with Gasteiger partial charge in [0.1, 0.15) is 0 Å². The summed E-state index contributed by atoms with van der Waals surface area (Å²) >= 11 is 0. The van der Waals surface area contributed by atoms with Gasteiger partial charge >= 0.3 is 0 Å². The minimum absolute atomic E-state index is 0.204. The van der Waals surface area contributed by atoms with Crippen LogP contribution < -0.4 is 0 Å². The average molecular weight is 212 g/mol. The zero-order valence-electron chi connectivity index (χ0n) is 10.7. The van der Waals surface area contributed by atoms with Gasteiger partial charge in [0.25, 0.3) is 0 Å². The van der Waals surface area contributed by atoms with Crippen molar-refractivity contribution in [3.05, 3.63) is 0 Å². The molecule has 0 radical (unpaired) electrons. The lowest BCUT2D eigenvalue weighted by molar-refractivity contribution is -0.144. The first-order valence-electron chi connectivity index (χ1n) is 5.88. The fourth-order valence-electron chi connectivity index (χ4n) is 1.98. The number of amides is 1. The molecular formula is C12H24N2O. The quantitative estimate of drug-likeness (QED) is 0.694. The molecule has 3 nitrogen and oxygen atoms in total. The van der Waals surface area contributed by atoms with E-state index in [-0.39, 0.29) is 5.41 Å². The molecule has 88 valence electrons. The Balaban J connectivity index is 2.68. The Morgan fingerprint density at radius 1 is 1.40 bits per heavy atom. The van der Waals surface area contributed by atoms with Crippen LogP contribution in [0.15, 0.2) is 0 Å². The van der Waals surface area contributed by atoms with E-state index in [1.54, 1.807) is 0 Å². The molecule has 0 saturated carbocycles. The number of nitrogens with zero attached hydrogens (tertiary/aromatic N) is 2. The molecule has 15 heavy (non-hydrogen) atoms. The molecule has 0 aliphatic carbocycles. The molecule has 0 aromatic rings. The van der Waals surface area contributed by atoms with Crippen molar-refractivity contribution in [2.75, 3.05) is 26.7 Å². The smallest absolute Gasteiger partial charge is 0.228 e. The summed E-state index contributed by atoms with van der Waals surface area (Å²) in [6.45, 7) is 11.2. The topological polar surface area (TPSA) is 23.6 Å². The molecule has 0 N–H and O–H groups in total. The standard InChI is InChI=1S/C12H24N2O/c1-6-12(3,4)11(15)14-8-7-13(5)9-10(14)2/h10H,6-9H2,1-5H3/t10-/m1/s1. The van der Waals surface area contributed by atoms with E-state index in [0.717, 1.165) is 26.1 Å². The maximum atomic E-state index is 12.3. The summed E-state index contributed by atoms with van der Waals surface area (Å²) in [6, 6.07) is 0.349. The molecule has 0 aromatic carbocycles. The highest BCUT2D eigenvalue weighted by atomic mass is 16.2. The second kappa shape index (κ2) is 4.52. The monoisotopic (exact) mass is 212 g/mol. The number of likely N-dealkylation sites (N-methyl/N-ethyl adjacent to an activating group) is 1. The first-order valence-corrected chi connectivity index (χ1v) is 5.88. The maximum Gasteiger partial charge on any atom is 0.228 e. The highest BCUT2D eigenvalue weighted by Gasteiger charge is 2.34. The van der Waals surface area contributed by atoms with Gasteiger partial charge in [-0.3, -0.25) is 4.79 Å². The van der Waals surface area contributed by atoms with E-state index in [0.29, 0.717) is 11.9 Å². The lowest BCUT2D eigenvalue weighted by Crippen LogP contribution is -2.55. The van der Waals surface area contributed by atoms with Crippen molar-refractivity contribution in [2.45, 2.75) is 40.2 Å². The van der Waals surface area contributed by atoms with Crippen LogP contribution in [0.25, 0.3) is 0 Å². The molecular weight excluding hydrogens is 188 g/mol. The normalized spacial score (nSPS) is 24.3. The second-order valence-electron chi connectivity index (χ2n) is 5.35. The summed E-state index contributed by atoms with van der Waals surface area (Å²) in [5.74, 6) is 0.311. The van der Waals surface area contributed by atoms with Crippen molar-refractivity contribution in [1.29, 1.82) is 0 Å². The predicted octanol–water partition coefficient (Wildman–Crippen LogP) is 1.59. The van der Waals surface area contributed by atoms with E-state index in [2.05, 4.69) is 25.8 Å². The van der Waals surface area contributed by atoms with E-state index in [9.17, 15) is 4.79 Å². The van der Waals surface area contributed by atoms with Gasteiger partial charge in [0.15, 0.2) is 0 Å². The molecule has 1 aliphatic heterocycles. The molecule has 1 rings (SSSR count). The summed E-state index contributed by atoms with van der Waals surface area (Å²) in [5, 5.41) is 0. The number of hydrogen-bond acceptors (Lipinski definition) is 2. The Labute approximate surface area is 93.4 Å². The van der Waals surface area contributed by atoms with Gasteiger partial charge in [0, 0.05) is 31.1 Å². The van der Waals surface area contributed by atoms with E-state index in [1.807, 2.05) is 18.7 Å². The summed E-state index contributed by atoms with van der Waals surface area (Å²) in [4.78, 5) is 16.6. The zero-order valence-corrected chi connectivity index (χ0v) is 10.7. The average Bonchev–Trinajstić information content (AvgIpc) is 2.17. The lowest BCUT2D eigenvalue weighted by atomic mass is 9.87. The van der Waals surface area contributed by atoms with Gasteiger partial charge in [-0.25, -0.2) is 0 Å². The van der Waals surface area contributed by atoms with Gasteiger partial charge in [-0.15, -0.1) is 0 Å². The van der Waals surface area contributed by atoms with Gasteiger partial charge < -0.3 is 9.80 Å². The molecule has 3 heteroatoms. The molecule has 0 spiro atoms. The molecule has 0 unspecified atom stereocenters. The van der Waals surface area contributed by atoms with Crippen molar-refractivity contribution >= 4 is 5.91 Å². The van der Waals surface area contributed by atoms with Crippen molar-refractivity contribution < 1.29 is 4.79 Å². The number of rotatable bonds is 2. The fraction of sp³-hybridized carbons (Fsp3) is 0.917. The first kappa shape index (κ1) is 12.5. The summed E-state index contributed by atoms with van der Waals surface area (Å²) in [6.07, 6.45) is 0.908. The van der Waals surface area contributed by atoms with Gasteiger partial charge in [0.2, 0.25) is 5.91 Å². The van der Waals surface area contributed by atoms with E-state index < -0.39 is 0 Å². The van der Waals surface area contributed by atoms with Gasteiger partial charge in [-0.2, -0.15) is 0 Å². The third-order valence-corrected chi connectivity index (χ3v) is 3.55. The predicted molar refractivity (Wildman–Crippen MR) is 62.7 cm³/mol. The Morgan fingerprint density at radius 3 is 2.47 bits per heavy atom. The zero-order chi connectivity index (χ0) is 11.6. The van der Waals surface area contributed by atoms with Crippen LogP contribution in [-0.4, -0.2) is 48.4 Å². The van der Waals surface area contributed by atoms with Gasteiger partial charge in [-0.05, 0) is 20.4 Å². The summed E-state index contributed by atoms with van der Waals surface area (Å²) < 4.78 is 0. The van der Waals surface area contributed by atoms with Crippen LogP contribution in [0.1, 0.15) is 34.1 Å². The Kier molecular flexibility index (Phi) is 3.77. The molecule has 1 saturated heterocycles. The summed E-state index contributed by atoms with van der Waals surface area (Å²) in [7, 11) is 2.11. The highest BCUT2D eigenvalue weighted by Crippen LogP contribution is 2.25. The van der Waals surface area contributed by atoms with Crippen molar-refractivity contribution in [1.82, 2.24) is 9.80 Å². The SMILES string of the molecule is CCC(C)(C)C(=O)N1CCN(C)C[C@H]1C. The third-order valence-electron chi connectivity index (χ3n) is 3.55. The van der Waals surface area contributed by atoms with Crippen LogP contribution in [0.3, 0.4) is 0 Å². The number of piperazine rings is 1. The first-order chi connectivity index (χ1) is 6.88. The highest BCUT2D eigenvalue weighted by molar-refractivity contribution is 5.82. The largest absolute Gasteiger partial charge is 0.337 e. The van der Waals surface area contributed by atoms with E-state index in [1.165, 1.54) is 0 Å². The van der Waals surface area contributed by atoms with Crippen LogP contribution in [-0.2, 0) is 4.79 Å². The van der Waals surface area contributed by atoms with Crippen molar-refractivity contribution in [3.8, 4) is 0 Å². The van der Waals surface area contributed by atoms with Crippen molar-refractivity contribution in [2.24, 2.45) is 5.41 Å². The number of hydrogen-bond donors (Lipinski definition) is 0. The minimum Gasteiger partial charge on any atom is -0.337 e. The molecule has 0 aromatic heterocycles. The molecule has 0 bridgehead atoms. The van der Waals surface area contributed by atoms with Crippen LogP contribution in [0.5, 0.6) is 0 Å². The fourth-order valence-corrected chi connectivity index (χ4v) is 1.98. The van der Waals surface area contributed by atoms with E-state index in [4.69, 9.17) is 0 Å². The van der Waals surface area contributed by atoms with Gasteiger partial charge in [0.05, 0.1) is 0 Å². The maximum absolute atomic E-state index is 12.3. The Bertz CT molecular complexity index is 238. The molecule has 1 atom stereocenters. The Hall–Kier alpha value is -0.570. The van der Waals surface area contributed by atoms with Crippen LogP contribution in [0.2, 0.25) is 0 Å². The third kappa shape index (κ3) is 2.71. The minimum atomic E-state index is -0.204.